The number of halogens is 3. The summed E-state index contributed by atoms with van der Waals surface area (Å²) in [7, 11) is 0. The zero-order chi connectivity index (χ0) is 17.1. The number of alkyl halides is 2. The molecule has 0 fully saturated rings. The van der Waals surface area contributed by atoms with Gasteiger partial charge < -0.3 is 10.5 Å². The normalized spacial score (nSPS) is 14.6. The first-order chi connectivity index (χ1) is 9.90. The number of nitrogens with two attached hydrogens (primary N) is 1. The average molecular weight is 335 g/mol. The highest BCUT2D eigenvalue weighted by Gasteiger charge is 2.30. The van der Waals surface area contributed by atoms with Crippen LogP contribution in [-0.2, 0) is 11.2 Å². The number of carbonyl (C=O) groups is 1. The van der Waals surface area contributed by atoms with Crippen molar-refractivity contribution < 1.29 is 18.3 Å². The summed E-state index contributed by atoms with van der Waals surface area (Å²) in [5, 5.41) is 2.74. The van der Waals surface area contributed by atoms with Gasteiger partial charge in [0.25, 0.3) is 6.43 Å². The third-order valence-corrected chi connectivity index (χ3v) is 3.07. The van der Waals surface area contributed by atoms with Crippen molar-refractivity contribution in [3.63, 3.8) is 0 Å². The number of hydrogen-bond donors (Lipinski definition) is 2. The third kappa shape index (κ3) is 5.77. The SMILES string of the molecule is CC(C)(C)OC(=O)Nc1ccc(CC(C)(N)C(F)F)cc1Cl. The highest BCUT2D eigenvalue weighted by atomic mass is 35.5. The van der Waals surface area contributed by atoms with Gasteiger partial charge in [0.05, 0.1) is 16.2 Å². The Morgan fingerprint density at radius 2 is 1.95 bits per heavy atom. The van der Waals surface area contributed by atoms with Crippen molar-refractivity contribution in [3.8, 4) is 0 Å². The Balaban J connectivity index is 2.80. The van der Waals surface area contributed by atoms with Crippen molar-refractivity contribution in [2.45, 2.75) is 51.7 Å². The number of anilines is 1. The van der Waals surface area contributed by atoms with Gasteiger partial charge in [-0.05, 0) is 51.8 Å². The summed E-state index contributed by atoms with van der Waals surface area (Å²) in [6.07, 6.45) is -3.32. The van der Waals surface area contributed by atoms with Gasteiger partial charge in [-0.15, -0.1) is 0 Å². The van der Waals surface area contributed by atoms with Crippen LogP contribution in [0.15, 0.2) is 18.2 Å². The average Bonchev–Trinajstić information content (AvgIpc) is 2.29. The lowest BCUT2D eigenvalue weighted by molar-refractivity contribution is 0.0634. The van der Waals surface area contributed by atoms with E-state index in [1.807, 2.05) is 0 Å². The van der Waals surface area contributed by atoms with Gasteiger partial charge in [0.2, 0.25) is 0 Å². The fraction of sp³-hybridized carbons (Fsp3) is 0.533. The largest absolute Gasteiger partial charge is 0.444 e. The number of rotatable bonds is 4. The molecule has 0 spiro atoms. The number of hydrogen-bond acceptors (Lipinski definition) is 3. The summed E-state index contributed by atoms with van der Waals surface area (Å²) in [5.41, 5.74) is 4.18. The summed E-state index contributed by atoms with van der Waals surface area (Å²) in [5.74, 6) is 0. The molecule has 0 aliphatic rings. The second-order valence-electron chi connectivity index (χ2n) is 6.42. The van der Waals surface area contributed by atoms with E-state index in [0.29, 0.717) is 11.3 Å². The van der Waals surface area contributed by atoms with Crippen LogP contribution >= 0.6 is 11.6 Å². The molecule has 0 aliphatic heterocycles. The topological polar surface area (TPSA) is 64.3 Å². The maximum absolute atomic E-state index is 12.8. The van der Waals surface area contributed by atoms with E-state index >= 15 is 0 Å². The maximum Gasteiger partial charge on any atom is 0.412 e. The minimum absolute atomic E-state index is 0.0307. The Hall–Kier alpha value is -1.40. The van der Waals surface area contributed by atoms with Crippen molar-refractivity contribution in [1.29, 1.82) is 0 Å². The van der Waals surface area contributed by atoms with Crippen molar-refractivity contribution in [1.82, 2.24) is 0 Å². The molecule has 22 heavy (non-hydrogen) atoms. The predicted octanol–water partition coefficient (Wildman–Crippen LogP) is 4.21. The lowest BCUT2D eigenvalue weighted by Gasteiger charge is -2.24. The molecule has 0 saturated carbocycles. The predicted molar refractivity (Wildman–Crippen MR) is 83.6 cm³/mol. The van der Waals surface area contributed by atoms with Crippen LogP contribution < -0.4 is 11.1 Å². The number of carbonyl (C=O) groups excluding carboxylic acids is 1. The number of nitrogens with one attached hydrogen (secondary N) is 1. The van der Waals surface area contributed by atoms with Crippen LogP contribution in [0, 0.1) is 0 Å². The van der Waals surface area contributed by atoms with E-state index in [4.69, 9.17) is 22.1 Å². The minimum Gasteiger partial charge on any atom is -0.444 e. The fourth-order valence-corrected chi connectivity index (χ4v) is 1.95. The van der Waals surface area contributed by atoms with E-state index in [-0.39, 0.29) is 11.4 Å². The van der Waals surface area contributed by atoms with E-state index < -0.39 is 23.7 Å². The number of ether oxygens (including phenoxy) is 1. The lowest BCUT2D eigenvalue weighted by Crippen LogP contribution is -2.45. The van der Waals surface area contributed by atoms with Crippen molar-refractivity contribution >= 4 is 23.4 Å². The number of amides is 1. The van der Waals surface area contributed by atoms with E-state index in [9.17, 15) is 13.6 Å². The molecule has 7 heteroatoms. The monoisotopic (exact) mass is 334 g/mol. The maximum atomic E-state index is 12.8. The molecule has 4 nitrogen and oxygen atoms in total. The van der Waals surface area contributed by atoms with E-state index in [1.54, 1.807) is 26.8 Å². The van der Waals surface area contributed by atoms with Gasteiger partial charge >= 0.3 is 6.09 Å². The molecular formula is C15H21ClF2N2O2. The molecule has 1 aromatic rings. The summed E-state index contributed by atoms with van der Waals surface area (Å²) >= 11 is 6.05. The molecule has 3 N–H and O–H groups in total. The van der Waals surface area contributed by atoms with Gasteiger partial charge in [-0.3, -0.25) is 5.32 Å². The van der Waals surface area contributed by atoms with Crippen LogP contribution in [0.4, 0.5) is 19.3 Å². The molecule has 1 unspecified atom stereocenters. The first-order valence-electron chi connectivity index (χ1n) is 6.76. The second kappa shape index (κ2) is 6.79. The molecule has 1 amide bonds. The van der Waals surface area contributed by atoms with Gasteiger partial charge in [0.15, 0.2) is 0 Å². The zero-order valence-electron chi connectivity index (χ0n) is 13.0. The van der Waals surface area contributed by atoms with Crippen LogP contribution in [0.1, 0.15) is 33.3 Å². The molecule has 0 aliphatic carbocycles. The van der Waals surface area contributed by atoms with Gasteiger partial charge in [-0.2, -0.15) is 0 Å². The molecule has 0 saturated heterocycles. The smallest absolute Gasteiger partial charge is 0.412 e. The molecule has 1 aromatic carbocycles. The van der Waals surface area contributed by atoms with Gasteiger partial charge in [-0.1, -0.05) is 17.7 Å². The van der Waals surface area contributed by atoms with Crippen LogP contribution in [0.2, 0.25) is 5.02 Å². The Labute approximate surface area is 134 Å². The minimum atomic E-state index is -2.65. The third-order valence-electron chi connectivity index (χ3n) is 2.75. The molecule has 1 atom stereocenters. The van der Waals surface area contributed by atoms with Crippen LogP contribution in [-0.4, -0.2) is 23.7 Å². The van der Waals surface area contributed by atoms with Crippen molar-refractivity contribution in [2.24, 2.45) is 5.73 Å². The van der Waals surface area contributed by atoms with E-state index in [1.165, 1.54) is 19.1 Å². The van der Waals surface area contributed by atoms with Crippen LogP contribution in [0.5, 0.6) is 0 Å². The Morgan fingerprint density at radius 3 is 2.41 bits per heavy atom. The number of benzene rings is 1. The molecular weight excluding hydrogens is 314 g/mol. The summed E-state index contributed by atoms with van der Waals surface area (Å²) in [4.78, 5) is 11.7. The Morgan fingerprint density at radius 1 is 1.36 bits per heavy atom. The standard InChI is InChI=1S/C15H21ClF2N2O2/c1-14(2,3)22-13(21)20-11-6-5-9(7-10(11)16)8-15(4,19)12(17)18/h5-7,12H,8,19H2,1-4H3,(H,20,21). The highest BCUT2D eigenvalue weighted by Crippen LogP contribution is 2.26. The molecule has 0 bridgehead atoms. The van der Waals surface area contributed by atoms with E-state index in [0.717, 1.165) is 0 Å². The Kier molecular flexibility index (Phi) is 5.76. The molecule has 0 radical (unpaired) electrons. The Bertz CT molecular complexity index is 543. The van der Waals surface area contributed by atoms with Crippen LogP contribution in [0.25, 0.3) is 0 Å². The summed E-state index contributed by atoms with van der Waals surface area (Å²) in [6, 6.07) is 4.62. The lowest BCUT2D eigenvalue weighted by atomic mass is 9.94. The molecule has 1 rings (SSSR count). The summed E-state index contributed by atoms with van der Waals surface area (Å²) in [6.45, 7) is 6.50. The molecule has 0 aromatic heterocycles. The second-order valence-corrected chi connectivity index (χ2v) is 6.83. The first-order valence-corrected chi connectivity index (χ1v) is 7.14. The quantitative estimate of drug-likeness (QED) is 0.866. The van der Waals surface area contributed by atoms with Gasteiger partial charge in [0.1, 0.15) is 5.60 Å². The molecule has 124 valence electrons. The first kappa shape index (κ1) is 18.6. The van der Waals surface area contributed by atoms with Gasteiger partial charge in [0, 0.05) is 0 Å². The van der Waals surface area contributed by atoms with Crippen LogP contribution in [0.3, 0.4) is 0 Å². The van der Waals surface area contributed by atoms with E-state index in [2.05, 4.69) is 5.32 Å². The fourth-order valence-electron chi connectivity index (χ4n) is 1.70. The van der Waals surface area contributed by atoms with Crippen molar-refractivity contribution in [2.75, 3.05) is 5.32 Å². The zero-order valence-corrected chi connectivity index (χ0v) is 13.8. The van der Waals surface area contributed by atoms with Gasteiger partial charge in [-0.25, -0.2) is 13.6 Å². The van der Waals surface area contributed by atoms with Crippen molar-refractivity contribution in [3.05, 3.63) is 28.8 Å². The molecule has 0 heterocycles. The highest BCUT2D eigenvalue weighted by molar-refractivity contribution is 6.33. The summed E-state index contributed by atoms with van der Waals surface area (Å²) < 4.78 is 30.7.